The van der Waals surface area contributed by atoms with Crippen molar-refractivity contribution >= 4 is 34.8 Å². The molecule has 1 N–H and O–H groups in total. The lowest BCUT2D eigenvalue weighted by Gasteiger charge is -2.36. The third-order valence-electron chi connectivity index (χ3n) is 6.67. The molecule has 3 aromatic carbocycles. The molecule has 3 aromatic rings. The molecule has 5 rings (SSSR count). The first kappa shape index (κ1) is 22.7. The summed E-state index contributed by atoms with van der Waals surface area (Å²) in [6.45, 7) is 3.05. The molecule has 2 aliphatic heterocycles. The van der Waals surface area contributed by atoms with E-state index >= 15 is 0 Å². The normalized spacial score (nSPS) is 18.0. The summed E-state index contributed by atoms with van der Waals surface area (Å²) in [6, 6.07) is 26.7. The second kappa shape index (κ2) is 10.0. The Balaban J connectivity index is 1.24. The number of piperazine rings is 1. The Hall–Kier alpha value is -4.13. The fraction of sp³-hybridized carbons (Fsp3) is 0.250. The quantitative estimate of drug-likeness (QED) is 0.621. The van der Waals surface area contributed by atoms with Gasteiger partial charge in [-0.25, -0.2) is 0 Å². The van der Waals surface area contributed by atoms with Crippen LogP contribution in [0, 0.1) is 5.92 Å². The summed E-state index contributed by atoms with van der Waals surface area (Å²) in [6.07, 6.45) is 0.151. The zero-order chi connectivity index (χ0) is 24.2. The molecule has 1 atom stereocenters. The maximum Gasteiger partial charge on any atom is 0.256 e. The predicted octanol–water partition coefficient (Wildman–Crippen LogP) is 3.64. The lowest BCUT2D eigenvalue weighted by Crippen LogP contribution is -2.49. The molecule has 0 saturated carbocycles. The van der Waals surface area contributed by atoms with Crippen molar-refractivity contribution in [2.24, 2.45) is 5.92 Å². The molecule has 178 valence electrons. The summed E-state index contributed by atoms with van der Waals surface area (Å²) in [5.41, 5.74) is 2.90. The summed E-state index contributed by atoms with van der Waals surface area (Å²) in [5.74, 6) is -0.884. The van der Waals surface area contributed by atoms with Gasteiger partial charge in [-0.05, 0) is 36.4 Å². The number of carbonyl (C=O) groups excluding carboxylic acids is 3. The SMILES string of the molecule is O=C(Nc1ccccc1C(=O)N1CCN(c2ccccc2)CC1)C1CC(=O)N(c2ccccc2)C1. The number of rotatable bonds is 5. The minimum atomic E-state index is -0.472. The molecule has 0 radical (unpaired) electrons. The highest BCUT2D eigenvalue weighted by molar-refractivity contribution is 6.07. The van der Waals surface area contributed by atoms with E-state index in [9.17, 15) is 14.4 Å². The van der Waals surface area contributed by atoms with Gasteiger partial charge in [-0.2, -0.15) is 0 Å². The van der Waals surface area contributed by atoms with E-state index in [2.05, 4.69) is 22.3 Å². The number of hydrogen-bond acceptors (Lipinski definition) is 4. The van der Waals surface area contributed by atoms with Crippen molar-refractivity contribution in [3.8, 4) is 0 Å². The topological polar surface area (TPSA) is 73.0 Å². The van der Waals surface area contributed by atoms with Gasteiger partial charge in [-0.15, -0.1) is 0 Å². The number of nitrogens with zero attached hydrogens (tertiary/aromatic N) is 3. The summed E-state index contributed by atoms with van der Waals surface area (Å²) < 4.78 is 0. The van der Waals surface area contributed by atoms with Crippen molar-refractivity contribution in [2.45, 2.75) is 6.42 Å². The Morgan fingerprint density at radius 3 is 2.03 bits per heavy atom. The molecule has 2 heterocycles. The molecule has 3 amide bonds. The van der Waals surface area contributed by atoms with E-state index in [1.807, 2.05) is 53.4 Å². The van der Waals surface area contributed by atoms with Crippen LogP contribution in [0.4, 0.5) is 17.1 Å². The van der Waals surface area contributed by atoms with Crippen LogP contribution in [0.5, 0.6) is 0 Å². The zero-order valence-electron chi connectivity index (χ0n) is 19.5. The molecule has 2 saturated heterocycles. The third-order valence-corrected chi connectivity index (χ3v) is 6.67. The highest BCUT2D eigenvalue weighted by Gasteiger charge is 2.35. The molecule has 7 heteroatoms. The van der Waals surface area contributed by atoms with Gasteiger partial charge in [-0.1, -0.05) is 48.5 Å². The molecular formula is C28H28N4O3. The molecule has 7 nitrogen and oxygen atoms in total. The fourth-order valence-corrected chi connectivity index (χ4v) is 4.73. The van der Waals surface area contributed by atoms with Gasteiger partial charge in [0.05, 0.1) is 17.2 Å². The van der Waals surface area contributed by atoms with E-state index in [4.69, 9.17) is 0 Å². The van der Waals surface area contributed by atoms with E-state index in [0.29, 0.717) is 30.9 Å². The van der Waals surface area contributed by atoms with Crippen LogP contribution >= 0.6 is 0 Å². The van der Waals surface area contributed by atoms with E-state index in [-0.39, 0.29) is 24.1 Å². The van der Waals surface area contributed by atoms with Crippen LogP contribution in [0.2, 0.25) is 0 Å². The molecule has 2 fully saturated rings. The minimum absolute atomic E-state index is 0.0722. The number of benzene rings is 3. The second-order valence-corrected chi connectivity index (χ2v) is 8.89. The van der Waals surface area contributed by atoms with E-state index in [1.54, 1.807) is 29.2 Å². The van der Waals surface area contributed by atoms with Crippen LogP contribution in [0.3, 0.4) is 0 Å². The largest absolute Gasteiger partial charge is 0.368 e. The summed E-state index contributed by atoms with van der Waals surface area (Å²) in [4.78, 5) is 44.7. The van der Waals surface area contributed by atoms with Gasteiger partial charge < -0.3 is 20.0 Å². The third kappa shape index (κ3) is 4.89. The number of hydrogen-bond donors (Lipinski definition) is 1. The van der Waals surface area contributed by atoms with Crippen molar-refractivity contribution in [1.29, 1.82) is 0 Å². The van der Waals surface area contributed by atoms with Gasteiger partial charge in [0.25, 0.3) is 5.91 Å². The molecule has 0 bridgehead atoms. The van der Waals surface area contributed by atoms with Crippen LogP contribution in [0.1, 0.15) is 16.8 Å². The van der Waals surface area contributed by atoms with Crippen LogP contribution < -0.4 is 15.1 Å². The Morgan fingerprint density at radius 2 is 1.34 bits per heavy atom. The maximum absolute atomic E-state index is 13.3. The first-order chi connectivity index (χ1) is 17.1. The average Bonchev–Trinajstić information content (AvgIpc) is 3.31. The van der Waals surface area contributed by atoms with Crippen molar-refractivity contribution in [2.75, 3.05) is 47.8 Å². The molecule has 35 heavy (non-hydrogen) atoms. The van der Waals surface area contributed by atoms with Gasteiger partial charge in [-0.3, -0.25) is 14.4 Å². The first-order valence-corrected chi connectivity index (χ1v) is 11.9. The molecule has 0 aliphatic carbocycles. The van der Waals surface area contributed by atoms with E-state index in [0.717, 1.165) is 24.5 Å². The van der Waals surface area contributed by atoms with Crippen LogP contribution in [0.25, 0.3) is 0 Å². The van der Waals surface area contributed by atoms with Crippen molar-refractivity contribution in [3.05, 3.63) is 90.5 Å². The number of carbonyl (C=O) groups is 3. The van der Waals surface area contributed by atoms with Gasteiger partial charge in [0.15, 0.2) is 0 Å². The number of nitrogens with one attached hydrogen (secondary N) is 1. The lowest BCUT2D eigenvalue weighted by atomic mass is 10.1. The summed E-state index contributed by atoms with van der Waals surface area (Å²) in [5, 5.41) is 2.92. The van der Waals surface area contributed by atoms with Crippen molar-refractivity contribution < 1.29 is 14.4 Å². The fourth-order valence-electron chi connectivity index (χ4n) is 4.73. The van der Waals surface area contributed by atoms with E-state index < -0.39 is 5.92 Å². The molecule has 1 unspecified atom stereocenters. The Bertz CT molecular complexity index is 1210. The number of anilines is 3. The van der Waals surface area contributed by atoms with Crippen LogP contribution in [-0.4, -0.2) is 55.3 Å². The first-order valence-electron chi connectivity index (χ1n) is 11.9. The van der Waals surface area contributed by atoms with E-state index in [1.165, 1.54) is 0 Å². The predicted molar refractivity (Wildman–Crippen MR) is 137 cm³/mol. The molecule has 0 spiro atoms. The zero-order valence-corrected chi connectivity index (χ0v) is 19.5. The minimum Gasteiger partial charge on any atom is -0.368 e. The molecule has 0 aromatic heterocycles. The highest BCUT2D eigenvalue weighted by atomic mass is 16.2. The standard InChI is InChI=1S/C28H28N4O3/c33-26-19-21(20-32(26)23-11-5-2-6-12-23)27(34)29-25-14-8-7-13-24(25)28(35)31-17-15-30(16-18-31)22-9-3-1-4-10-22/h1-14,21H,15-20H2,(H,29,34). The van der Waals surface area contributed by atoms with Gasteiger partial charge in [0.1, 0.15) is 0 Å². The summed E-state index contributed by atoms with van der Waals surface area (Å²) >= 11 is 0. The average molecular weight is 469 g/mol. The Morgan fingerprint density at radius 1 is 0.743 bits per heavy atom. The van der Waals surface area contributed by atoms with Crippen molar-refractivity contribution in [1.82, 2.24) is 4.90 Å². The Labute approximate surface area is 204 Å². The summed E-state index contributed by atoms with van der Waals surface area (Å²) in [7, 11) is 0. The number of amides is 3. The number of para-hydroxylation sites is 3. The van der Waals surface area contributed by atoms with Gasteiger partial charge in [0, 0.05) is 50.5 Å². The highest BCUT2D eigenvalue weighted by Crippen LogP contribution is 2.27. The van der Waals surface area contributed by atoms with Gasteiger partial charge in [0.2, 0.25) is 11.8 Å². The second-order valence-electron chi connectivity index (χ2n) is 8.89. The van der Waals surface area contributed by atoms with Crippen molar-refractivity contribution in [3.63, 3.8) is 0 Å². The Kier molecular flexibility index (Phi) is 6.48. The maximum atomic E-state index is 13.3. The lowest BCUT2D eigenvalue weighted by molar-refractivity contribution is -0.122. The van der Waals surface area contributed by atoms with Gasteiger partial charge >= 0.3 is 0 Å². The molecule has 2 aliphatic rings. The smallest absolute Gasteiger partial charge is 0.256 e. The van der Waals surface area contributed by atoms with Crippen LogP contribution in [0.15, 0.2) is 84.9 Å². The van der Waals surface area contributed by atoms with Crippen LogP contribution in [-0.2, 0) is 9.59 Å². The molecular weight excluding hydrogens is 440 g/mol. The monoisotopic (exact) mass is 468 g/mol.